The molecule has 0 amide bonds. The molecule has 0 radical (unpaired) electrons. The van der Waals surface area contributed by atoms with Crippen molar-refractivity contribution in [2.24, 2.45) is 0 Å². The van der Waals surface area contributed by atoms with Gasteiger partial charge < -0.3 is 10.1 Å². The number of hydrogen-bond acceptors (Lipinski definition) is 2. The van der Waals surface area contributed by atoms with Gasteiger partial charge in [0.1, 0.15) is 0 Å². The molecule has 0 saturated carbocycles. The summed E-state index contributed by atoms with van der Waals surface area (Å²) in [5.41, 5.74) is 1.06. The van der Waals surface area contributed by atoms with Gasteiger partial charge >= 0.3 is 0 Å². The first kappa shape index (κ1) is 14.1. The zero-order chi connectivity index (χ0) is 13.0. The Morgan fingerprint density at radius 2 is 2.22 bits per heavy atom. The molecule has 100 valence electrons. The van der Waals surface area contributed by atoms with Gasteiger partial charge in [0, 0.05) is 22.7 Å². The van der Waals surface area contributed by atoms with Crippen LogP contribution in [0.1, 0.15) is 37.3 Å². The van der Waals surface area contributed by atoms with Crippen LogP contribution in [0.3, 0.4) is 0 Å². The maximum atomic E-state index is 6.25. The molecule has 18 heavy (non-hydrogen) atoms. The van der Waals surface area contributed by atoms with E-state index >= 15 is 0 Å². The summed E-state index contributed by atoms with van der Waals surface area (Å²) in [6.45, 7) is 0.879. The lowest BCUT2D eigenvalue weighted by Crippen LogP contribution is -2.27. The van der Waals surface area contributed by atoms with Crippen LogP contribution >= 0.6 is 23.2 Å². The van der Waals surface area contributed by atoms with Gasteiger partial charge in [0.15, 0.2) is 0 Å². The minimum atomic E-state index is 0.194. The van der Waals surface area contributed by atoms with Gasteiger partial charge in [0.2, 0.25) is 0 Å². The van der Waals surface area contributed by atoms with Gasteiger partial charge in [-0.2, -0.15) is 0 Å². The maximum absolute atomic E-state index is 6.25. The van der Waals surface area contributed by atoms with E-state index in [4.69, 9.17) is 27.9 Å². The first-order valence-corrected chi connectivity index (χ1v) is 7.20. The summed E-state index contributed by atoms with van der Waals surface area (Å²) >= 11 is 12.3. The number of hydrogen-bond donors (Lipinski definition) is 1. The van der Waals surface area contributed by atoms with E-state index in [0.29, 0.717) is 6.10 Å². The molecule has 1 saturated heterocycles. The van der Waals surface area contributed by atoms with Crippen LogP contribution in [0, 0.1) is 0 Å². The summed E-state index contributed by atoms with van der Waals surface area (Å²) in [6, 6.07) is 5.80. The van der Waals surface area contributed by atoms with Crippen LogP contribution in [0.2, 0.25) is 10.0 Å². The predicted octanol–water partition coefficient (Wildman–Crippen LogP) is 4.21. The number of rotatable bonds is 4. The molecule has 2 nitrogen and oxygen atoms in total. The molecule has 2 atom stereocenters. The van der Waals surface area contributed by atoms with Crippen molar-refractivity contribution in [2.45, 2.75) is 37.8 Å². The first-order chi connectivity index (χ1) is 8.70. The van der Waals surface area contributed by atoms with E-state index in [0.717, 1.165) is 35.1 Å². The summed E-state index contributed by atoms with van der Waals surface area (Å²) in [4.78, 5) is 0. The average Bonchev–Trinajstić information content (AvgIpc) is 2.40. The van der Waals surface area contributed by atoms with Gasteiger partial charge in [-0.15, -0.1) is 0 Å². The lowest BCUT2D eigenvalue weighted by atomic mass is 9.97. The lowest BCUT2D eigenvalue weighted by molar-refractivity contribution is 0.00549. The van der Waals surface area contributed by atoms with E-state index in [9.17, 15) is 0 Å². The molecule has 0 bridgehead atoms. The van der Waals surface area contributed by atoms with E-state index in [1.807, 2.05) is 25.2 Å². The highest BCUT2D eigenvalue weighted by Gasteiger charge is 2.21. The van der Waals surface area contributed by atoms with Gasteiger partial charge in [-0.3, -0.25) is 0 Å². The fourth-order valence-corrected chi connectivity index (χ4v) is 2.87. The van der Waals surface area contributed by atoms with Crippen LogP contribution in [-0.4, -0.2) is 19.8 Å². The zero-order valence-electron chi connectivity index (χ0n) is 10.6. The highest BCUT2D eigenvalue weighted by molar-refractivity contribution is 6.33. The van der Waals surface area contributed by atoms with Crippen LogP contribution in [0.15, 0.2) is 18.2 Å². The van der Waals surface area contributed by atoms with E-state index in [1.165, 1.54) is 12.8 Å². The molecular formula is C14H19Cl2NO. The Morgan fingerprint density at radius 3 is 2.89 bits per heavy atom. The van der Waals surface area contributed by atoms with Gasteiger partial charge in [0.25, 0.3) is 0 Å². The number of benzene rings is 1. The Bertz CT molecular complexity index is 391. The largest absolute Gasteiger partial charge is 0.378 e. The molecule has 2 rings (SSSR count). The van der Waals surface area contributed by atoms with Crippen molar-refractivity contribution in [1.82, 2.24) is 5.32 Å². The number of halogens is 2. The van der Waals surface area contributed by atoms with Crippen LogP contribution in [0.5, 0.6) is 0 Å². The molecule has 0 aromatic heterocycles. The van der Waals surface area contributed by atoms with Crippen molar-refractivity contribution >= 4 is 23.2 Å². The Balaban J connectivity index is 2.09. The second-order valence-electron chi connectivity index (χ2n) is 4.73. The minimum absolute atomic E-state index is 0.194. The molecule has 1 aliphatic heterocycles. The summed E-state index contributed by atoms with van der Waals surface area (Å²) in [6.07, 6.45) is 4.84. The quantitative estimate of drug-likeness (QED) is 0.896. The third-order valence-electron chi connectivity index (χ3n) is 3.45. The fraction of sp³-hybridized carbons (Fsp3) is 0.571. The SMILES string of the molecule is CNC(CC1CCCCO1)c1cc(Cl)ccc1Cl. The van der Waals surface area contributed by atoms with E-state index < -0.39 is 0 Å². The molecule has 1 heterocycles. The first-order valence-electron chi connectivity index (χ1n) is 6.44. The third kappa shape index (κ3) is 3.61. The topological polar surface area (TPSA) is 21.3 Å². The lowest BCUT2D eigenvalue weighted by Gasteiger charge is -2.27. The van der Waals surface area contributed by atoms with Crippen LogP contribution in [0.4, 0.5) is 0 Å². The van der Waals surface area contributed by atoms with Crippen LogP contribution in [-0.2, 0) is 4.74 Å². The van der Waals surface area contributed by atoms with Crippen molar-refractivity contribution in [3.63, 3.8) is 0 Å². The van der Waals surface area contributed by atoms with Gasteiger partial charge in [0.05, 0.1) is 6.10 Å². The fourth-order valence-electron chi connectivity index (χ4n) is 2.44. The second-order valence-corrected chi connectivity index (χ2v) is 5.58. The van der Waals surface area contributed by atoms with Crippen molar-refractivity contribution in [1.29, 1.82) is 0 Å². The average molecular weight is 288 g/mol. The van der Waals surface area contributed by atoms with Crippen LogP contribution < -0.4 is 5.32 Å². The Labute approximate surface area is 119 Å². The molecule has 2 unspecified atom stereocenters. The van der Waals surface area contributed by atoms with E-state index in [2.05, 4.69) is 5.32 Å². The monoisotopic (exact) mass is 287 g/mol. The molecule has 1 fully saturated rings. The molecule has 1 N–H and O–H groups in total. The highest BCUT2D eigenvalue weighted by Crippen LogP contribution is 2.31. The van der Waals surface area contributed by atoms with E-state index in [1.54, 1.807) is 0 Å². The highest BCUT2D eigenvalue weighted by atomic mass is 35.5. The predicted molar refractivity (Wildman–Crippen MR) is 76.5 cm³/mol. The van der Waals surface area contributed by atoms with Crippen molar-refractivity contribution in [3.05, 3.63) is 33.8 Å². The summed E-state index contributed by atoms with van der Waals surface area (Å²) in [5.74, 6) is 0. The molecule has 4 heteroatoms. The Hall–Kier alpha value is -0.280. The van der Waals surface area contributed by atoms with Gasteiger partial charge in [-0.25, -0.2) is 0 Å². The summed E-state index contributed by atoms with van der Waals surface area (Å²) in [5, 5.41) is 4.79. The van der Waals surface area contributed by atoms with Crippen molar-refractivity contribution in [2.75, 3.05) is 13.7 Å². The van der Waals surface area contributed by atoms with Crippen molar-refractivity contribution in [3.8, 4) is 0 Å². The van der Waals surface area contributed by atoms with Gasteiger partial charge in [-0.1, -0.05) is 23.2 Å². The zero-order valence-corrected chi connectivity index (χ0v) is 12.1. The summed E-state index contributed by atoms with van der Waals surface area (Å²) < 4.78 is 5.79. The van der Waals surface area contributed by atoms with Crippen LogP contribution in [0.25, 0.3) is 0 Å². The molecule has 1 aliphatic rings. The standard InChI is InChI=1S/C14H19Cl2NO/c1-17-14(9-11-4-2-3-7-18-11)12-8-10(15)5-6-13(12)16/h5-6,8,11,14,17H,2-4,7,9H2,1H3. The Morgan fingerprint density at radius 1 is 1.39 bits per heavy atom. The smallest absolute Gasteiger partial charge is 0.0593 e. The van der Waals surface area contributed by atoms with E-state index in [-0.39, 0.29) is 6.04 Å². The molecule has 1 aromatic rings. The van der Waals surface area contributed by atoms with Crippen molar-refractivity contribution < 1.29 is 4.74 Å². The number of ether oxygens (including phenoxy) is 1. The second kappa shape index (κ2) is 6.76. The molecule has 0 aliphatic carbocycles. The molecule has 1 aromatic carbocycles. The Kier molecular flexibility index (Phi) is 5.31. The maximum Gasteiger partial charge on any atom is 0.0593 e. The third-order valence-corrected chi connectivity index (χ3v) is 4.03. The van der Waals surface area contributed by atoms with Gasteiger partial charge in [-0.05, 0) is 56.5 Å². The summed E-state index contributed by atoms with van der Waals surface area (Å²) in [7, 11) is 1.95. The molecular weight excluding hydrogens is 269 g/mol. The minimum Gasteiger partial charge on any atom is -0.378 e. The normalized spacial score (nSPS) is 21.8. The molecule has 0 spiro atoms. The number of nitrogens with one attached hydrogen (secondary N) is 1.